The van der Waals surface area contributed by atoms with Crippen molar-refractivity contribution < 1.29 is 23.5 Å². The molecule has 0 radical (unpaired) electrons. The minimum Gasteiger partial charge on any atom is -0.497 e. The molecule has 7 nitrogen and oxygen atoms in total. The summed E-state index contributed by atoms with van der Waals surface area (Å²) in [5.74, 6) is 0.624. The second-order valence-electron chi connectivity index (χ2n) is 8.05. The van der Waals surface area contributed by atoms with Crippen LogP contribution in [0.15, 0.2) is 77.8 Å². The van der Waals surface area contributed by atoms with Gasteiger partial charge in [-0.25, -0.2) is 9.38 Å². The molecule has 1 heterocycles. The van der Waals surface area contributed by atoms with Crippen molar-refractivity contribution >= 4 is 40.1 Å². The molecule has 1 saturated heterocycles. The Morgan fingerprint density at radius 2 is 1.58 bits per heavy atom. The Labute approximate surface area is 213 Å². The summed E-state index contributed by atoms with van der Waals surface area (Å²) < 4.78 is 23.7. The molecule has 1 N–H and O–H groups in total. The van der Waals surface area contributed by atoms with Crippen LogP contribution in [0.25, 0.3) is 0 Å². The quantitative estimate of drug-likeness (QED) is 0.439. The van der Waals surface area contributed by atoms with Crippen LogP contribution in [0.5, 0.6) is 11.5 Å². The molecule has 3 aromatic carbocycles. The van der Waals surface area contributed by atoms with Crippen LogP contribution in [0.4, 0.5) is 15.8 Å². The third-order valence-corrected chi connectivity index (χ3v) is 6.77. The summed E-state index contributed by atoms with van der Waals surface area (Å²) in [6.45, 7) is 0.398. The maximum atomic E-state index is 13.3. The Hall–Kier alpha value is -3.85. The third-order valence-electron chi connectivity index (χ3n) is 5.60. The third kappa shape index (κ3) is 6.42. The standard InChI is InChI=1S/C27H26FN3O4S/c1-34-22-11-3-18(4-12-22)15-16-31-26(33)24(36-27(31)30-21-7-5-19(28)6-8-21)17-25(32)29-20-9-13-23(35-2)14-10-20/h3-14,24H,15-17H2,1-2H3,(H,29,32)/t24-/m1/s1. The number of hydrogen-bond donors (Lipinski definition) is 1. The predicted molar refractivity (Wildman–Crippen MR) is 140 cm³/mol. The van der Waals surface area contributed by atoms with Gasteiger partial charge in [-0.2, -0.15) is 0 Å². The Bertz CT molecular complexity index is 1230. The van der Waals surface area contributed by atoms with Gasteiger partial charge in [-0.3, -0.25) is 14.5 Å². The lowest BCUT2D eigenvalue weighted by Gasteiger charge is -2.16. The predicted octanol–water partition coefficient (Wildman–Crippen LogP) is 5.05. The molecule has 0 unspecified atom stereocenters. The van der Waals surface area contributed by atoms with E-state index in [9.17, 15) is 14.0 Å². The molecule has 0 bridgehead atoms. The normalized spacial score (nSPS) is 16.3. The van der Waals surface area contributed by atoms with Crippen LogP contribution in [-0.2, 0) is 16.0 Å². The van der Waals surface area contributed by atoms with E-state index in [1.54, 1.807) is 55.5 Å². The molecule has 0 aliphatic carbocycles. The van der Waals surface area contributed by atoms with Gasteiger partial charge in [-0.1, -0.05) is 23.9 Å². The maximum Gasteiger partial charge on any atom is 0.242 e. The zero-order chi connectivity index (χ0) is 25.5. The minimum absolute atomic E-state index is 0.00297. The van der Waals surface area contributed by atoms with Crippen LogP contribution in [0.2, 0.25) is 0 Å². The fraction of sp³-hybridized carbons (Fsp3) is 0.222. The van der Waals surface area contributed by atoms with Crippen LogP contribution >= 0.6 is 11.8 Å². The van der Waals surface area contributed by atoms with Crippen molar-refractivity contribution in [1.29, 1.82) is 0 Å². The molecule has 186 valence electrons. The molecule has 0 saturated carbocycles. The molecule has 1 fully saturated rings. The van der Waals surface area contributed by atoms with E-state index < -0.39 is 5.25 Å². The second-order valence-corrected chi connectivity index (χ2v) is 9.22. The zero-order valence-electron chi connectivity index (χ0n) is 19.9. The van der Waals surface area contributed by atoms with E-state index >= 15 is 0 Å². The van der Waals surface area contributed by atoms with Crippen LogP contribution in [-0.4, -0.2) is 47.9 Å². The molecule has 2 amide bonds. The van der Waals surface area contributed by atoms with Gasteiger partial charge in [0.1, 0.15) is 22.6 Å². The van der Waals surface area contributed by atoms with E-state index in [2.05, 4.69) is 10.3 Å². The number of aliphatic imine (C=N–C) groups is 1. The fourth-order valence-electron chi connectivity index (χ4n) is 3.64. The molecule has 36 heavy (non-hydrogen) atoms. The fourth-order valence-corrected chi connectivity index (χ4v) is 4.83. The van der Waals surface area contributed by atoms with Gasteiger partial charge in [0.15, 0.2) is 5.17 Å². The van der Waals surface area contributed by atoms with Crippen molar-refractivity contribution in [3.8, 4) is 11.5 Å². The Balaban J connectivity index is 1.48. The number of methoxy groups -OCH3 is 2. The highest BCUT2D eigenvalue weighted by Gasteiger charge is 2.39. The lowest BCUT2D eigenvalue weighted by atomic mass is 10.1. The number of anilines is 1. The minimum atomic E-state index is -0.613. The number of benzene rings is 3. The summed E-state index contributed by atoms with van der Waals surface area (Å²) in [5, 5.41) is 2.70. The Morgan fingerprint density at radius 1 is 0.972 bits per heavy atom. The number of nitrogens with one attached hydrogen (secondary N) is 1. The van der Waals surface area contributed by atoms with Crippen molar-refractivity contribution in [3.63, 3.8) is 0 Å². The molecule has 9 heteroatoms. The smallest absolute Gasteiger partial charge is 0.242 e. The van der Waals surface area contributed by atoms with E-state index in [4.69, 9.17) is 9.47 Å². The van der Waals surface area contributed by atoms with Gasteiger partial charge in [0.25, 0.3) is 0 Å². The molecule has 1 atom stereocenters. The summed E-state index contributed by atoms with van der Waals surface area (Å²) in [5.41, 5.74) is 2.19. The van der Waals surface area contributed by atoms with Gasteiger partial charge < -0.3 is 14.8 Å². The number of amides is 2. The maximum absolute atomic E-state index is 13.3. The Kier molecular flexibility index (Phi) is 8.22. The Morgan fingerprint density at radius 3 is 2.19 bits per heavy atom. The number of halogens is 1. The first-order valence-corrected chi connectivity index (χ1v) is 12.2. The average molecular weight is 508 g/mol. The summed E-state index contributed by atoms with van der Waals surface area (Å²) >= 11 is 1.24. The highest BCUT2D eigenvalue weighted by Crippen LogP contribution is 2.32. The second kappa shape index (κ2) is 11.7. The van der Waals surface area contributed by atoms with E-state index in [1.165, 1.54) is 23.9 Å². The topological polar surface area (TPSA) is 80.2 Å². The number of ether oxygens (including phenoxy) is 2. The number of thioether (sulfide) groups is 1. The summed E-state index contributed by atoms with van der Waals surface area (Å²) in [7, 11) is 3.18. The van der Waals surface area contributed by atoms with E-state index in [-0.39, 0.29) is 24.1 Å². The molecule has 4 rings (SSSR count). The lowest BCUT2D eigenvalue weighted by molar-refractivity contribution is -0.128. The molecule has 1 aliphatic rings. The first-order chi connectivity index (χ1) is 17.4. The van der Waals surface area contributed by atoms with Crippen LogP contribution in [0.3, 0.4) is 0 Å². The molecule has 1 aliphatic heterocycles. The summed E-state index contributed by atoms with van der Waals surface area (Å²) in [6.07, 6.45) is 0.598. The van der Waals surface area contributed by atoms with Gasteiger partial charge >= 0.3 is 0 Å². The number of amidine groups is 1. The zero-order valence-corrected chi connectivity index (χ0v) is 20.8. The van der Waals surface area contributed by atoms with Gasteiger partial charge in [-0.15, -0.1) is 0 Å². The highest BCUT2D eigenvalue weighted by atomic mass is 32.2. The van der Waals surface area contributed by atoms with Crippen molar-refractivity contribution in [3.05, 3.63) is 84.2 Å². The van der Waals surface area contributed by atoms with Crippen molar-refractivity contribution in [2.75, 3.05) is 26.1 Å². The molecule has 0 spiro atoms. The number of hydrogen-bond acceptors (Lipinski definition) is 6. The number of rotatable bonds is 9. The first-order valence-electron chi connectivity index (χ1n) is 11.3. The van der Waals surface area contributed by atoms with Gasteiger partial charge in [0, 0.05) is 18.7 Å². The van der Waals surface area contributed by atoms with E-state index in [1.807, 2.05) is 24.3 Å². The summed E-state index contributed by atoms with van der Waals surface area (Å²) in [4.78, 5) is 32.2. The van der Waals surface area contributed by atoms with E-state index in [0.29, 0.717) is 35.3 Å². The molecular formula is C27H26FN3O4S. The summed E-state index contributed by atoms with van der Waals surface area (Å²) in [6, 6.07) is 20.4. The van der Waals surface area contributed by atoms with Gasteiger partial charge in [0.2, 0.25) is 11.8 Å². The largest absolute Gasteiger partial charge is 0.497 e. The molecule has 3 aromatic rings. The first kappa shape index (κ1) is 25.2. The van der Waals surface area contributed by atoms with Crippen LogP contribution in [0.1, 0.15) is 12.0 Å². The molecule has 0 aromatic heterocycles. The number of nitrogens with zero attached hydrogens (tertiary/aromatic N) is 2. The number of carbonyl (C=O) groups is 2. The lowest BCUT2D eigenvalue weighted by Crippen LogP contribution is -2.35. The van der Waals surface area contributed by atoms with Gasteiger partial charge in [-0.05, 0) is 72.6 Å². The average Bonchev–Trinajstić information content (AvgIpc) is 3.18. The van der Waals surface area contributed by atoms with E-state index in [0.717, 1.165) is 11.3 Å². The van der Waals surface area contributed by atoms with Crippen molar-refractivity contribution in [2.24, 2.45) is 4.99 Å². The SMILES string of the molecule is COc1ccc(CCN2C(=O)[C@@H](CC(=O)Nc3ccc(OC)cc3)SC2=Nc2ccc(F)cc2)cc1. The monoisotopic (exact) mass is 507 g/mol. The van der Waals surface area contributed by atoms with Gasteiger partial charge in [0.05, 0.1) is 19.9 Å². The van der Waals surface area contributed by atoms with Crippen LogP contribution in [0, 0.1) is 5.82 Å². The molecular weight excluding hydrogens is 481 g/mol. The highest BCUT2D eigenvalue weighted by molar-refractivity contribution is 8.15. The van der Waals surface area contributed by atoms with Crippen LogP contribution < -0.4 is 14.8 Å². The number of carbonyl (C=O) groups excluding carboxylic acids is 2. The van der Waals surface area contributed by atoms with Crippen molar-refractivity contribution in [2.45, 2.75) is 18.1 Å². The van der Waals surface area contributed by atoms with Crippen molar-refractivity contribution in [1.82, 2.24) is 4.90 Å².